The second kappa shape index (κ2) is 12.0. The number of aromatic nitrogens is 1. The summed E-state index contributed by atoms with van der Waals surface area (Å²) in [4.78, 5) is 23.1. The maximum atomic E-state index is 13.9. The Hall–Kier alpha value is -2.37. The van der Waals surface area contributed by atoms with E-state index >= 15 is 0 Å². The van der Waals surface area contributed by atoms with Gasteiger partial charge in [-0.05, 0) is 80.5 Å². The summed E-state index contributed by atoms with van der Waals surface area (Å²) in [6.07, 6.45) is 2.72. The summed E-state index contributed by atoms with van der Waals surface area (Å²) in [7, 11) is -3.58. The average molecular weight is 571 g/mol. The summed E-state index contributed by atoms with van der Waals surface area (Å²) in [6, 6.07) is 10.6. The maximum Gasteiger partial charge on any atom is 0.260 e. The number of hydrogen-bond acceptors (Lipinski definition) is 7. The highest BCUT2D eigenvalue weighted by atomic mass is 32.2. The van der Waals surface area contributed by atoms with E-state index in [2.05, 4.69) is 37.8 Å². The average Bonchev–Trinajstić information content (AvgIpc) is 3.35. The molecule has 10 heteroatoms. The van der Waals surface area contributed by atoms with Crippen LogP contribution in [0.2, 0.25) is 0 Å². The van der Waals surface area contributed by atoms with Crippen LogP contribution in [-0.2, 0) is 14.8 Å². The molecule has 2 saturated heterocycles. The molecule has 8 nitrogen and oxygen atoms in total. The van der Waals surface area contributed by atoms with Crippen LogP contribution in [0.25, 0.3) is 10.2 Å². The molecule has 0 spiro atoms. The molecule has 0 N–H and O–H groups in total. The van der Waals surface area contributed by atoms with Gasteiger partial charge in [-0.15, -0.1) is 0 Å². The van der Waals surface area contributed by atoms with Crippen molar-refractivity contribution in [2.45, 2.75) is 44.9 Å². The van der Waals surface area contributed by atoms with Crippen LogP contribution in [0.15, 0.2) is 41.3 Å². The third-order valence-electron chi connectivity index (χ3n) is 7.60. The van der Waals surface area contributed by atoms with Crippen molar-refractivity contribution in [1.82, 2.24) is 14.2 Å². The van der Waals surface area contributed by atoms with Crippen molar-refractivity contribution >= 4 is 42.6 Å². The Morgan fingerprint density at radius 2 is 1.87 bits per heavy atom. The van der Waals surface area contributed by atoms with E-state index in [1.54, 1.807) is 33.5 Å². The zero-order chi connectivity index (χ0) is 27.6. The number of rotatable bonds is 8. The number of carbonyl (C=O) groups is 1. The van der Waals surface area contributed by atoms with Crippen molar-refractivity contribution in [1.29, 1.82) is 0 Å². The SMILES string of the molecule is Cc1cc(C)c2sc(N(CCCN3CCOCC3)C(=O)c3ccc(S(=O)(=O)N4CCCC(C)C4)cc3)nc2c1. The molecule has 1 amide bonds. The normalized spacial score (nSPS) is 19.4. The number of carbonyl (C=O) groups excluding carboxylic acids is 1. The van der Waals surface area contributed by atoms with E-state index in [1.807, 2.05) is 0 Å². The number of fused-ring (bicyclic) bond motifs is 1. The Kier molecular flexibility index (Phi) is 8.68. The number of piperidine rings is 1. The third-order valence-corrected chi connectivity index (χ3v) is 10.7. The molecule has 2 aromatic carbocycles. The minimum absolute atomic E-state index is 0.166. The van der Waals surface area contributed by atoms with Crippen LogP contribution < -0.4 is 4.90 Å². The van der Waals surface area contributed by atoms with Crippen molar-refractivity contribution in [2.24, 2.45) is 5.92 Å². The van der Waals surface area contributed by atoms with Gasteiger partial charge in [0, 0.05) is 44.8 Å². The summed E-state index contributed by atoms with van der Waals surface area (Å²) < 4.78 is 34.6. The van der Waals surface area contributed by atoms with Crippen LogP contribution in [0.3, 0.4) is 0 Å². The van der Waals surface area contributed by atoms with Crippen LogP contribution in [0.5, 0.6) is 0 Å². The minimum atomic E-state index is -3.58. The second-order valence-corrected chi connectivity index (χ2v) is 13.7. The van der Waals surface area contributed by atoms with Crippen LogP contribution >= 0.6 is 11.3 Å². The number of thiazole rings is 1. The van der Waals surface area contributed by atoms with Crippen LogP contribution in [0.1, 0.15) is 47.7 Å². The lowest BCUT2D eigenvalue weighted by Gasteiger charge is -2.30. The lowest BCUT2D eigenvalue weighted by molar-refractivity contribution is 0.0376. The minimum Gasteiger partial charge on any atom is -0.379 e. The van der Waals surface area contributed by atoms with Gasteiger partial charge in [0.25, 0.3) is 5.91 Å². The predicted octanol–water partition coefficient (Wildman–Crippen LogP) is 4.70. The first kappa shape index (κ1) is 28.2. The van der Waals surface area contributed by atoms with Crippen molar-refractivity contribution in [3.8, 4) is 0 Å². The van der Waals surface area contributed by atoms with Gasteiger partial charge in [0.1, 0.15) is 0 Å². The lowest BCUT2D eigenvalue weighted by atomic mass is 10.0. The molecular formula is C29H38N4O4S2. The second-order valence-electron chi connectivity index (χ2n) is 10.8. The fourth-order valence-corrected chi connectivity index (χ4v) is 8.12. The molecule has 0 bridgehead atoms. The van der Waals surface area contributed by atoms with Crippen molar-refractivity contribution in [3.63, 3.8) is 0 Å². The molecular weight excluding hydrogens is 532 g/mol. The Morgan fingerprint density at radius 1 is 1.13 bits per heavy atom. The monoisotopic (exact) mass is 570 g/mol. The van der Waals surface area contributed by atoms with Gasteiger partial charge >= 0.3 is 0 Å². The summed E-state index contributed by atoms with van der Waals surface area (Å²) in [5.41, 5.74) is 3.65. The molecule has 2 aliphatic rings. The topological polar surface area (TPSA) is 83.0 Å². The van der Waals surface area contributed by atoms with Gasteiger partial charge in [0.2, 0.25) is 10.0 Å². The smallest absolute Gasteiger partial charge is 0.260 e. The van der Waals surface area contributed by atoms with Crippen molar-refractivity contribution < 1.29 is 17.9 Å². The predicted molar refractivity (Wildman–Crippen MR) is 156 cm³/mol. The third kappa shape index (κ3) is 6.36. The number of anilines is 1. The number of amides is 1. The first-order chi connectivity index (χ1) is 18.7. The number of benzene rings is 2. The van der Waals surface area contributed by atoms with E-state index in [-0.39, 0.29) is 10.8 Å². The van der Waals surface area contributed by atoms with Crippen molar-refractivity contribution in [2.75, 3.05) is 57.4 Å². The standard InChI is InChI=1S/C29H38N4O4S2/c1-21-6-4-12-32(20-21)39(35,36)25-9-7-24(8-10-25)28(34)33(13-5-11-31-14-16-37-17-15-31)29-30-26-19-22(2)18-23(3)27(26)38-29/h7-10,18-19,21H,4-6,11-17,20H2,1-3H3. The first-order valence-corrected chi connectivity index (χ1v) is 16.1. The van der Waals surface area contributed by atoms with Crippen LogP contribution in [0.4, 0.5) is 5.13 Å². The molecule has 0 saturated carbocycles. The highest BCUT2D eigenvalue weighted by Gasteiger charge is 2.29. The van der Waals surface area contributed by atoms with Crippen LogP contribution in [-0.4, -0.2) is 81.0 Å². The van der Waals surface area contributed by atoms with E-state index in [4.69, 9.17) is 9.72 Å². The van der Waals surface area contributed by atoms with Gasteiger partial charge in [0.05, 0.1) is 28.3 Å². The quantitative estimate of drug-likeness (QED) is 0.390. The largest absolute Gasteiger partial charge is 0.379 e. The summed E-state index contributed by atoms with van der Waals surface area (Å²) >= 11 is 1.53. The molecule has 1 atom stereocenters. The number of sulfonamides is 1. The molecule has 1 aromatic heterocycles. The molecule has 0 radical (unpaired) electrons. The van der Waals surface area contributed by atoms with Gasteiger partial charge in [0.15, 0.2) is 5.13 Å². The van der Waals surface area contributed by atoms with Gasteiger partial charge in [-0.1, -0.05) is 24.3 Å². The highest BCUT2D eigenvalue weighted by Crippen LogP contribution is 2.33. The van der Waals surface area contributed by atoms with E-state index in [1.165, 1.54) is 11.3 Å². The van der Waals surface area contributed by atoms with Gasteiger partial charge in [-0.3, -0.25) is 14.6 Å². The molecule has 3 aromatic rings. The Balaban J connectivity index is 1.39. The summed E-state index contributed by atoms with van der Waals surface area (Å²) in [5.74, 6) is 0.183. The number of nitrogens with zero attached hydrogens (tertiary/aromatic N) is 4. The fourth-order valence-electron chi connectivity index (χ4n) is 5.48. The zero-order valence-electron chi connectivity index (χ0n) is 23.1. The number of aryl methyl sites for hydroxylation is 2. The fraction of sp³-hybridized carbons (Fsp3) is 0.517. The molecule has 3 heterocycles. The lowest BCUT2D eigenvalue weighted by Crippen LogP contribution is -2.39. The van der Waals surface area contributed by atoms with E-state index in [0.717, 1.165) is 73.5 Å². The van der Waals surface area contributed by atoms with E-state index in [0.29, 0.717) is 36.2 Å². The molecule has 210 valence electrons. The van der Waals surface area contributed by atoms with Crippen LogP contribution in [0, 0.1) is 19.8 Å². The number of ether oxygens (including phenoxy) is 1. The van der Waals surface area contributed by atoms with Gasteiger partial charge in [-0.25, -0.2) is 13.4 Å². The van der Waals surface area contributed by atoms with Gasteiger partial charge < -0.3 is 4.74 Å². The first-order valence-electron chi connectivity index (χ1n) is 13.8. The molecule has 0 aliphatic carbocycles. The molecule has 1 unspecified atom stereocenters. The Bertz CT molecular complexity index is 1420. The Labute approximate surface area is 235 Å². The molecule has 39 heavy (non-hydrogen) atoms. The van der Waals surface area contributed by atoms with Crippen molar-refractivity contribution in [3.05, 3.63) is 53.1 Å². The number of hydrogen-bond donors (Lipinski definition) is 0. The molecule has 2 aliphatic heterocycles. The summed E-state index contributed by atoms with van der Waals surface area (Å²) in [5, 5.41) is 0.671. The zero-order valence-corrected chi connectivity index (χ0v) is 24.7. The van der Waals surface area contributed by atoms with E-state index < -0.39 is 10.0 Å². The summed E-state index contributed by atoms with van der Waals surface area (Å²) in [6.45, 7) is 12.0. The highest BCUT2D eigenvalue weighted by molar-refractivity contribution is 7.89. The molecule has 5 rings (SSSR count). The number of morpholine rings is 1. The van der Waals surface area contributed by atoms with E-state index in [9.17, 15) is 13.2 Å². The maximum absolute atomic E-state index is 13.9. The molecule has 2 fully saturated rings. The van der Waals surface area contributed by atoms with Gasteiger partial charge in [-0.2, -0.15) is 4.31 Å². The Morgan fingerprint density at radius 3 is 2.59 bits per heavy atom.